The number of anilines is 1. The van der Waals surface area contributed by atoms with Gasteiger partial charge in [-0.05, 0) is 49.7 Å². The fraction of sp³-hybridized carbons (Fsp3) is 0.174. The number of aryl methyl sites for hydroxylation is 1. The second-order valence-corrected chi connectivity index (χ2v) is 9.53. The van der Waals surface area contributed by atoms with Gasteiger partial charge in [-0.2, -0.15) is 0 Å². The first-order valence-electron chi connectivity index (χ1n) is 10.1. The lowest BCUT2D eigenvalue weighted by Gasteiger charge is -2.19. The molecule has 7 nitrogen and oxygen atoms in total. The molecule has 0 aliphatic rings. The molecule has 0 unspecified atom stereocenters. The number of hydrogen-bond donors (Lipinski definition) is 2. The van der Waals surface area contributed by atoms with Gasteiger partial charge in [0.2, 0.25) is 10.0 Å². The molecule has 2 aromatic carbocycles. The van der Waals surface area contributed by atoms with Crippen LogP contribution in [0.2, 0.25) is 0 Å². The minimum atomic E-state index is -3.58. The molecule has 4 aromatic rings. The highest BCUT2D eigenvalue weighted by Gasteiger charge is 2.21. The van der Waals surface area contributed by atoms with Gasteiger partial charge in [-0.15, -0.1) is 0 Å². The Balaban J connectivity index is 1.99. The van der Waals surface area contributed by atoms with E-state index in [4.69, 9.17) is 4.74 Å². The van der Waals surface area contributed by atoms with Gasteiger partial charge in [0.1, 0.15) is 11.6 Å². The number of aromatic nitrogens is 2. The molecule has 0 saturated carbocycles. The summed E-state index contributed by atoms with van der Waals surface area (Å²) in [5.74, 6) is -1.76. The number of H-pyrrole nitrogens is 1. The van der Waals surface area contributed by atoms with E-state index >= 15 is 0 Å². The fourth-order valence-electron chi connectivity index (χ4n) is 3.60. The Kier molecular flexibility index (Phi) is 5.71. The van der Waals surface area contributed by atoms with E-state index in [2.05, 4.69) is 9.71 Å². The zero-order valence-corrected chi connectivity index (χ0v) is 18.9. The maximum Gasteiger partial charge on any atom is 0.259 e. The number of sulfonamides is 1. The van der Waals surface area contributed by atoms with E-state index in [0.29, 0.717) is 39.3 Å². The minimum Gasteiger partial charge on any atom is -0.454 e. The Bertz CT molecular complexity index is 1540. The van der Waals surface area contributed by atoms with Crippen molar-refractivity contribution in [2.24, 2.45) is 7.05 Å². The Labute approximate surface area is 188 Å². The quantitative estimate of drug-likeness (QED) is 0.426. The van der Waals surface area contributed by atoms with Crippen LogP contribution in [0.15, 0.2) is 53.6 Å². The Hall–Kier alpha value is -3.66. The SMILES string of the molecule is CCS(=O)(=O)Nc1ccc(Oc2ccc(F)cc2F)c(-c2cn(C)c(=O)c3cc[nH]c23)c1C. The average Bonchev–Trinajstić information content (AvgIpc) is 3.25. The van der Waals surface area contributed by atoms with E-state index in [1.165, 1.54) is 29.7 Å². The van der Waals surface area contributed by atoms with Crippen LogP contribution < -0.4 is 15.0 Å². The number of hydrogen-bond acceptors (Lipinski definition) is 4. The minimum absolute atomic E-state index is 0.123. The van der Waals surface area contributed by atoms with Crippen LogP contribution in [0.1, 0.15) is 12.5 Å². The van der Waals surface area contributed by atoms with Gasteiger partial charge in [-0.3, -0.25) is 9.52 Å². The molecule has 0 radical (unpaired) electrons. The highest BCUT2D eigenvalue weighted by Crippen LogP contribution is 2.42. The van der Waals surface area contributed by atoms with Crippen molar-refractivity contribution < 1.29 is 21.9 Å². The third-order valence-corrected chi connectivity index (χ3v) is 6.64. The van der Waals surface area contributed by atoms with Gasteiger partial charge >= 0.3 is 0 Å². The number of nitrogens with zero attached hydrogens (tertiary/aromatic N) is 1. The van der Waals surface area contributed by atoms with Crippen LogP contribution in [-0.2, 0) is 17.1 Å². The van der Waals surface area contributed by atoms with Crippen LogP contribution in [0, 0.1) is 18.6 Å². The maximum atomic E-state index is 14.3. The summed E-state index contributed by atoms with van der Waals surface area (Å²) in [7, 11) is -1.98. The molecule has 2 aromatic heterocycles. The highest BCUT2D eigenvalue weighted by molar-refractivity contribution is 7.92. The number of pyridine rings is 1. The largest absolute Gasteiger partial charge is 0.454 e. The van der Waals surface area contributed by atoms with E-state index in [1.807, 2.05) is 0 Å². The molecule has 0 bridgehead atoms. The summed E-state index contributed by atoms with van der Waals surface area (Å²) < 4.78 is 61.9. The van der Waals surface area contributed by atoms with Crippen molar-refractivity contribution in [2.45, 2.75) is 13.8 Å². The smallest absolute Gasteiger partial charge is 0.259 e. The van der Waals surface area contributed by atoms with Crippen LogP contribution in [0.4, 0.5) is 14.5 Å². The number of ether oxygens (including phenoxy) is 1. The molecule has 172 valence electrons. The monoisotopic (exact) mass is 473 g/mol. The lowest BCUT2D eigenvalue weighted by Crippen LogP contribution is -2.17. The average molecular weight is 474 g/mol. The van der Waals surface area contributed by atoms with Gasteiger partial charge in [-0.1, -0.05) is 0 Å². The summed E-state index contributed by atoms with van der Waals surface area (Å²) in [5.41, 5.74) is 2.10. The summed E-state index contributed by atoms with van der Waals surface area (Å²) >= 11 is 0. The van der Waals surface area contributed by atoms with Crippen LogP contribution in [0.5, 0.6) is 11.5 Å². The van der Waals surface area contributed by atoms with E-state index in [-0.39, 0.29) is 22.8 Å². The number of halogens is 2. The first kappa shape index (κ1) is 22.5. The number of benzene rings is 2. The molecule has 0 fully saturated rings. The van der Waals surface area contributed by atoms with Crippen molar-refractivity contribution in [1.82, 2.24) is 9.55 Å². The topological polar surface area (TPSA) is 93.2 Å². The van der Waals surface area contributed by atoms with Crippen molar-refractivity contribution in [3.8, 4) is 22.6 Å². The molecular formula is C23H21F2N3O4S. The molecule has 0 saturated heterocycles. The summed E-state index contributed by atoms with van der Waals surface area (Å²) in [6.45, 7) is 3.21. The summed E-state index contributed by atoms with van der Waals surface area (Å²) in [6.07, 6.45) is 3.21. The Morgan fingerprint density at radius 1 is 1.12 bits per heavy atom. The highest BCUT2D eigenvalue weighted by atomic mass is 32.2. The van der Waals surface area contributed by atoms with Crippen LogP contribution in [0.3, 0.4) is 0 Å². The van der Waals surface area contributed by atoms with E-state index in [0.717, 1.165) is 6.07 Å². The molecule has 0 atom stereocenters. The first-order valence-corrected chi connectivity index (χ1v) is 11.7. The first-order chi connectivity index (χ1) is 15.6. The summed E-state index contributed by atoms with van der Waals surface area (Å²) in [5, 5.41) is 0.424. The zero-order chi connectivity index (χ0) is 23.9. The number of rotatable bonds is 6. The summed E-state index contributed by atoms with van der Waals surface area (Å²) in [6, 6.07) is 7.60. The number of nitrogens with one attached hydrogen (secondary N) is 2. The molecule has 0 aliphatic carbocycles. The van der Waals surface area contributed by atoms with Crippen molar-refractivity contribution in [3.05, 3.63) is 76.3 Å². The lowest BCUT2D eigenvalue weighted by atomic mass is 9.97. The molecule has 10 heteroatoms. The normalized spacial score (nSPS) is 11.7. The molecule has 2 N–H and O–H groups in total. The van der Waals surface area contributed by atoms with Crippen LogP contribution >= 0.6 is 0 Å². The predicted molar refractivity (Wildman–Crippen MR) is 123 cm³/mol. The van der Waals surface area contributed by atoms with Crippen molar-refractivity contribution >= 4 is 26.6 Å². The number of fused-ring (bicyclic) bond motifs is 1. The summed E-state index contributed by atoms with van der Waals surface area (Å²) in [4.78, 5) is 15.6. The Morgan fingerprint density at radius 2 is 1.85 bits per heavy atom. The molecular weight excluding hydrogens is 452 g/mol. The Morgan fingerprint density at radius 3 is 2.55 bits per heavy atom. The lowest BCUT2D eigenvalue weighted by molar-refractivity contribution is 0.439. The van der Waals surface area contributed by atoms with E-state index < -0.39 is 21.7 Å². The van der Waals surface area contributed by atoms with Gasteiger partial charge in [0.15, 0.2) is 11.6 Å². The van der Waals surface area contributed by atoms with Crippen LogP contribution in [-0.4, -0.2) is 23.7 Å². The van der Waals surface area contributed by atoms with Crippen molar-refractivity contribution in [1.29, 1.82) is 0 Å². The second-order valence-electron chi connectivity index (χ2n) is 7.52. The molecule has 0 aliphatic heterocycles. The standard InChI is InChI=1S/C23H21F2N3O4S/c1-4-33(30,31)27-18-6-8-20(32-19-7-5-14(24)11-17(19)25)21(13(18)2)16-12-28(3)23(29)15-9-10-26-22(15)16/h5-12,26-27H,4H2,1-3H3. The fourth-order valence-corrected chi connectivity index (χ4v) is 4.30. The van der Waals surface area contributed by atoms with Crippen LogP contribution in [0.25, 0.3) is 22.0 Å². The van der Waals surface area contributed by atoms with E-state index in [9.17, 15) is 22.0 Å². The predicted octanol–water partition coefficient (Wildman–Crippen LogP) is 4.67. The van der Waals surface area contributed by atoms with Gasteiger partial charge in [0.25, 0.3) is 5.56 Å². The number of aromatic amines is 1. The van der Waals surface area contributed by atoms with Gasteiger partial charge in [0, 0.05) is 36.6 Å². The second kappa shape index (κ2) is 8.36. The molecule has 33 heavy (non-hydrogen) atoms. The third kappa shape index (κ3) is 4.21. The van der Waals surface area contributed by atoms with Crippen molar-refractivity contribution in [3.63, 3.8) is 0 Å². The van der Waals surface area contributed by atoms with Crippen molar-refractivity contribution in [2.75, 3.05) is 10.5 Å². The molecule has 0 amide bonds. The molecule has 0 spiro atoms. The maximum absolute atomic E-state index is 14.3. The molecule has 4 rings (SSSR count). The van der Waals surface area contributed by atoms with Gasteiger partial charge < -0.3 is 14.3 Å². The van der Waals surface area contributed by atoms with Gasteiger partial charge in [-0.25, -0.2) is 17.2 Å². The van der Waals surface area contributed by atoms with Gasteiger partial charge in [0.05, 0.1) is 22.3 Å². The third-order valence-electron chi connectivity index (χ3n) is 5.35. The zero-order valence-electron chi connectivity index (χ0n) is 18.1. The molecule has 2 heterocycles. The van der Waals surface area contributed by atoms with E-state index in [1.54, 1.807) is 32.4 Å².